The first-order valence-electron chi connectivity index (χ1n) is 8.65. The topological polar surface area (TPSA) is 79.2 Å². The zero-order chi connectivity index (χ0) is 18.4. The number of rotatable bonds is 3. The molecule has 1 heterocycles. The van der Waals surface area contributed by atoms with E-state index in [1.807, 2.05) is 20.2 Å². The van der Waals surface area contributed by atoms with Gasteiger partial charge in [0.05, 0.1) is 0 Å². The van der Waals surface area contributed by atoms with Gasteiger partial charge in [0.25, 0.3) is 5.91 Å². The summed E-state index contributed by atoms with van der Waals surface area (Å²) in [6.45, 7) is 0. The van der Waals surface area contributed by atoms with Gasteiger partial charge in [-0.3, -0.25) is 9.59 Å². The summed E-state index contributed by atoms with van der Waals surface area (Å²) in [5.41, 5.74) is 6.37. The second-order valence-corrected chi connectivity index (χ2v) is 7.21. The van der Waals surface area contributed by atoms with Crippen molar-refractivity contribution in [1.82, 2.24) is 9.88 Å². The van der Waals surface area contributed by atoms with Crippen LogP contribution >= 0.6 is 11.6 Å². The average molecular weight is 364 g/mol. The zero-order valence-electron chi connectivity index (χ0n) is 14.8. The van der Waals surface area contributed by atoms with Crippen LogP contribution in [-0.2, 0) is 4.79 Å². The molecule has 2 amide bonds. The second kappa shape index (κ2) is 8.90. The Labute approximate surface area is 153 Å². The number of carbonyl (C=O) groups excluding carboxylic acids is 2. The van der Waals surface area contributed by atoms with E-state index >= 15 is 0 Å². The molecule has 0 aliphatic heterocycles. The molecule has 0 atom stereocenters. The van der Waals surface area contributed by atoms with Gasteiger partial charge in [0.2, 0.25) is 5.91 Å². The van der Waals surface area contributed by atoms with Gasteiger partial charge >= 0.3 is 0 Å². The van der Waals surface area contributed by atoms with Crippen molar-refractivity contribution in [2.45, 2.75) is 38.5 Å². The minimum Gasteiger partial charge on any atom is -0.364 e. The van der Waals surface area contributed by atoms with Gasteiger partial charge in [-0.1, -0.05) is 30.9 Å². The molecule has 1 aliphatic carbocycles. The van der Waals surface area contributed by atoms with Gasteiger partial charge in [-0.2, -0.15) is 0 Å². The highest BCUT2D eigenvalue weighted by Crippen LogP contribution is 2.26. The molecule has 0 spiro atoms. The van der Waals surface area contributed by atoms with E-state index in [1.165, 1.54) is 32.1 Å². The third-order valence-corrected chi connectivity index (χ3v) is 4.77. The van der Waals surface area contributed by atoms with Gasteiger partial charge in [0.1, 0.15) is 5.69 Å². The van der Waals surface area contributed by atoms with Crippen LogP contribution in [0.25, 0.3) is 10.9 Å². The summed E-state index contributed by atoms with van der Waals surface area (Å²) in [5, 5.41) is 1.53. The fourth-order valence-electron chi connectivity index (χ4n) is 3.06. The number of fused-ring (bicyclic) bond motifs is 1. The van der Waals surface area contributed by atoms with Crippen LogP contribution in [0.3, 0.4) is 0 Å². The van der Waals surface area contributed by atoms with Gasteiger partial charge < -0.3 is 15.6 Å². The molecular weight excluding hydrogens is 338 g/mol. The highest BCUT2D eigenvalue weighted by molar-refractivity contribution is 6.31. The highest BCUT2D eigenvalue weighted by atomic mass is 35.5. The van der Waals surface area contributed by atoms with Crippen LogP contribution < -0.4 is 5.73 Å². The summed E-state index contributed by atoms with van der Waals surface area (Å²) >= 11 is 5.78. The number of halogens is 1. The average Bonchev–Trinajstić information content (AvgIpc) is 2.99. The van der Waals surface area contributed by atoms with Crippen LogP contribution in [0.5, 0.6) is 0 Å². The quantitative estimate of drug-likeness (QED) is 0.865. The summed E-state index contributed by atoms with van der Waals surface area (Å²) in [6.07, 6.45) is 7.32. The van der Waals surface area contributed by atoms with Crippen LogP contribution in [0, 0.1) is 5.92 Å². The largest absolute Gasteiger partial charge is 0.364 e. The number of carbonyl (C=O) groups is 2. The maximum Gasteiger partial charge on any atom is 0.265 e. The Bertz CT molecular complexity index is 733. The minimum atomic E-state index is -0.465. The Hall–Kier alpha value is -2.01. The molecule has 2 aromatic rings. The number of nitrogens with one attached hydrogen (secondary N) is 1. The third-order valence-electron chi connectivity index (χ3n) is 4.54. The molecule has 136 valence electrons. The predicted octanol–water partition coefficient (Wildman–Crippen LogP) is 3.97. The SMILES string of the molecule is CN(C)C(=O)CC1CCCCC1.NC(=O)c1cc2cc(Cl)ccc2[nH]1. The summed E-state index contributed by atoms with van der Waals surface area (Å²) in [6, 6.07) is 7.03. The van der Waals surface area contributed by atoms with Crippen molar-refractivity contribution >= 4 is 34.3 Å². The molecular formula is C19H26ClN3O2. The minimum absolute atomic E-state index is 0.293. The van der Waals surface area contributed by atoms with Crippen molar-refractivity contribution in [1.29, 1.82) is 0 Å². The van der Waals surface area contributed by atoms with Crippen molar-refractivity contribution in [3.8, 4) is 0 Å². The molecule has 5 nitrogen and oxygen atoms in total. The maximum absolute atomic E-state index is 11.3. The third kappa shape index (κ3) is 5.78. The van der Waals surface area contributed by atoms with Crippen molar-refractivity contribution < 1.29 is 9.59 Å². The van der Waals surface area contributed by atoms with Gasteiger partial charge in [-0.25, -0.2) is 0 Å². The van der Waals surface area contributed by atoms with Crippen LogP contribution in [0.4, 0.5) is 0 Å². The monoisotopic (exact) mass is 363 g/mol. The van der Waals surface area contributed by atoms with Gasteiger partial charge in [0, 0.05) is 36.4 Å². The predicted molar refractivity (Wildman–Crippen MR) is 102 cm³/mol. The van der Waals surface area contributed by atoms with Crippen molar-refractivity contribution in [3.05, 3.63) is 35.0 Å². The maximum atomic E-state index is 11.3. The van der Waals surface area contributed by atoms with Crippen LogP contribution in [0.15, 0.2) is 24.3 Å². The number of nitrogens with two attached hydrogens (primary N) is 1. The number of H-pyrrole nitrogens is 1. The van der Waals surface area contributed by atoms with Crippen molar-refractivity contribution in [3.63, 3.8) is 0 Å². The standard InChI is InChI=1S/C10H19NO.C9H7ClN2O/c1-11(2)10(12)8-9-6-4-3-5-7-9;10-6-1-2-7-5(3-6)4-8(12-7)9(11)13/h9H,3-8H2,1-2H3;1-4,12H,(H2,11,13). The van der Waals surface area contributed by atoms with E-state index in [0.29, 0.717) is 22.5 Å². The lowest BCUT2D eigenvalue weighted by Gasteiger charge is -2.22. The Morgan fingerprint density at radius 1 is 1.20 bits per heavy atom. The Morgan fingerprint density at radius 3 is 2.48 bits per heavy atom. The van der Waals surface area contributed by atoms with Crippen molar-refractivity contribution in [2.24, 2.45) is 11.7 Å². The molecule has 1 aliphatic rings. The van der Waals surface area contributed by atoms with E-state index in [-0.39, 0.29) is 0 Å². The highest BCUT2D eigenvalue weighted by Gasteiger charge is 2.17. The molecule has 25 heavy (non-hydrogen) atoms. The molecule has 6 heteroatoms. The lowest BCUT2D eigenvalue weighted by Crippen LogP contribution is -2.25. The van der Waals surface area contributed by atoms with Crippen LogP contribution in [0.1, 0.15) is 49.0 Å². The number of benzene rings is 1. The van der Waals surface area contributed by atoms with Gasteiger partial charge in [-0.05, 0) is 43.0 Å². The number of aromatic amines is 1. The van der Waals surface area contributed by atoms with Crippen LogP contribution in [-0.4, -0.2) is 35.8 Å². The number of primary amides is 1. The smallest absolute Gasteiger partial charge is 0.265 e. The zero-order valence-corrected chi connectivity index (χ0v) is 15.6. The summed E-state index contributed by atoms with van der Waals surface area (Å²) < 4.78 is 0. The number of aromatic nitrogens is 1. The molecule has 0 radical (unpaired) electrons. The Morgan fingerprint density at radius 2 is 1.88 bits per heavy atom. The van der Waals surface area contributed by atoms with Crippen molar-refractivity contribution in [2.75, 3.05) is 14.1 Å². The van der Waals surface area contributed by atoms with E-state index in [9.17, 15) is 9.59 Å². The van der Waals surface area contributed by atoms with E-state index in [2.05, 4.69) is 4.98 Å². The number of nitrogens with zero attached hydrogens (tertiary/aromatic N) is 1. The second-order valence-electron chi connectivity index (χ2n) is 6.78. The Balaban J connectivity index is 0.000000181. The number of amides is 2. The Kier molecular flexibility index (Phi) is 6.88. The molecule has 1 aromatic carbocycles. The molecule has 0 unspecified atom stereocenters. The van der Waals surface area contributed by atoms with Crippen LogP contribution in [0.2, 0.25) is 5.02 Å². The van der Waals surface area contributed by atoms with Gasteiger partial charge in [-0.15, -0.1) is 0 Å². The van der Waals surface area contributed by atoms with E-state index in [0.717, 1.165) is 17.3 Å². The molecule has 1 aromatic heterocycles. The normalized spacial score (nSPS) is 14.7. The lowest BCUT2D eigenvalue weighted by molar-refractivity contribution is -0.129. The fraction of sp³-hybridized carbons (Fsp3) is 0.474. The summed E-state index contributed by atoms with van der Waals surface area (Å²) in [7, 11) is 3.68. The number of hydrogen-bond acceptors (Lipinski definition) is 2. The molecule has 0 bridgehead atoms. The van der Waals surface area contributed by atoms with Gasteiger partial charge in [0.15, 0.2) is 0 Å². The first-order valence-corrected chi connectivity index (χ1v) is 9.03. The van der Waals surface area contributed by atoms with E-state index in [4.69, 9.17) is 17.3 Å². The summed E-state index contributed by atoms with van der Waals surface area (Å²) in [5.74, 6) is 0.503. The fourth-order valence-corrected chi connectivity index (χ4v) is 3.24. The molecule has 0 saturated heterocycles. The van der Waals surface area contributed by atoms with E-state index < -0.39 is 5.91 Å². The molecule has 3 rings (SSSR count). The van der Waals surface area contributed by atoms with E-state index in [1.54, 1.807) is 23.1 Å². The first-order chi connectivity index (χ1) is 11.9. The summed E-state index contributed by atoms with van der Waals surface area (Å²) in [4.78, 5) is 26.7. The first kappa shape index (κ1) is 19.3. The molecule has 1 fully saturated rings. The molecule has 3 N–H and O–H groups in total. The number of hydrogen-bond donors (Lipinski definition) is 2. The molecule has 1 saturated carbocycles. The lowest BCUT2D eigenvalue weighted by atomic mass is 9.87.